The second-order valence-electron chi connectivity index (χ2n) is 2.92. The zero-order chi connectivity index (χ0) is 13.0. The van der Waals surface area contributed by atoms with E-state index in [0.29, 0.717) is 6.07 Å². The molecule has 8 heteroatoms. The number of carbonyl (C=O) groups is 2. The second kappa shape index (κ2) is 5.01. The van der Waals surface area contributed by atoms with Crippen LogP contribution in [-0.2, 0) is 9.59 Å². The van der Waals surface area contributed by atoms with Crippen LogP contribution in [0.2, 0.25) is 0 Å². The van der Waals surface area contributed by atoms with Crippen LogP contribution in [0.5, 0.6) is 5.75 Å². The highest BCUT2D eigenvalue weighted by Gasteiger charge is 2.16. The number of nitrogens with zero attached hydrogens (tertiary/aromatic N) is 1. The van der Waals surface area contributed by atoms with Crippen LogP contribution in [0.4, 0.5) is 10.1 Å². The topological polar surface area (TPSA) is 107 Å². The largest absolute Gasteiger partial charge is 0.481 e. The molecule has 0 aliphatic carbocycles. The summed E-state index contributed by atoms with van der Waals surface area (Å²) < 4.78 is 17.6. The summed E-state index contributed by atoms with van der Waals surface area (Å²) in [4.78, 5) is 30.5. The molecule has 0 aliphatic rings. The Labute approximate surface area is 93.6 Å². The molecule has 0 fully saturated rings. The fourth-order valence-corrected chi connectivity index (χ4v) is 0.968. The summed E-state index contributed by atoms with van der Waals surface area (Å²) >= 11 is 0. The minimum atomic E-state index is -1.42. The highest BCUT2D eigenvalue weighted by atomic mass is 19.1. The van der Waals surface area contributed by atoms with Crippen molar-refractivity contribution >= 4 is 17.6 Å². The van der Waals surface area contributed by atoms with E-state index in [4.69, 9.17) is 5.11 Å². The van der Waals surface area contributed by atoms with E-state index >= 15 is 0 Å². The van der Waals surface area contributed by atoms with E-state index in [1.807, 2.05) is 0 Å². The van der Waals surface area contributed by atoms with Gasteiger partial charge in [-0.25, -0.2) is 4.39 Å². The first-order chi connectivity index (χ1) is 7.90. The number of ether oxygens (including phenoxy) is 1. The molecule has 0 unspecified atom stereocenters. The maximum absolute atomic E-state index is 13.2. The van der Waals surface area contributed by atoms with Gasteiger partial charge in [-0.3, -0.25) is 19.7 Å². The number of nitro benzene ring substituents is 1. The molecule has 0 saturated carbocycles. The van der Waals surface area contributed by atoms with Crippen LogP contribution < -0.4 is 4.74 Å². The van der Waals surface area contributed by atoms with Crippen LogP contribution in [0, 0.1) is 15.9 Å². The molecular weight excluding hydrogens is 237 g/mol. The molecule has 0 bridgehead atoms. The lowest BCUT2D eigenvalue weighted by Gasteiger charge is -2.03. The highest BCUT2D eigenvalue weighted by Crippen LogP contribution is 2.22. The number of aliphatic carboxylic acids is 1. The zero-order valence-electron chi connectivity index (χ0n) is 8.25. The number of rotatable bonds is 4. The van der Waals surface area contributed by atoms with Gasteiger partial charge in [0, 0.05) is 6.07 Å². The van der Waals surface area contributed by atoms with Crippen molar-refractivity contribution < 1.29 is 28.7 Å². The molecule has 0 aromatic heterocycles. The first-order valence-corrected chi connectivity index (χ1v) is 4.26. The van der Waals surface area contributed by atoms with Crippen molar-refractivity contribution in [3.63, 3.8) is 0 Å². The lowest BCUT2D eigenvalue weighted by molar-refractivity contribution is -0.385. The van der Waals surface area contributed by atoms with Gasteiger partial charge in [0.05, 0.1) is 11.0 Å². The van der Waals surface area contributed by atoms with E-state index in [-0.39, 0.29) is 0 Å². The summed E-state index contributed by atoms with van der Waals surface area (Å²) in [5, 5.41) is 18.5. The van der Waals surface area contributed by atoms with Gasteiger partial charge in [0.15, 0.2) is 11.6 Å². The van der Waals surface area contributed by atoms with Crippen LogP contribution in [0.15, 0.2) is 18.2 Å². The third kappa shape index (κ3) is 3.52. The summed E-state index contributed by atoms with van der Waals surface area (Å²) in [5.74, 6) is -4.25. The number of benzene rings is 1. The van der Waals surface area contributed by atoms with Crippen LogP contribution >= 0.6 is 0 Å². The number of nitro groups is 1. The lowest BCUT2D eigenvalue weighted by atomic mass is 10.3. The second-order valence-corrected chi connectivity index (χ2v) is 2.92. The fraction of sp³-hybridized carbons (Fsp3) is 0.111. The molecule has 0 atom stereocenters. The average molecular weight is 243 g/mol. The highest BCUT2D eigenvalue weighted by molar-refractivity contribution is 5.91. The van der Waals surface area contributed by atoms with Crippen molar-refractivity contribution in [1.29, 1.82) is 0 Å². The molecule has 0 radical (unpaired) electrons. The molecule has 0 amide bonds. The SMILES string of the molecule is O=C(O)CC(=O)Oc1ccc([N+](=O)[O-])cc1F. The van der Waals surface area contributed by atoms with Gasteiger partial charge in [0.2, 0.25) is 0 Å². The van der Waals surface area contributed by atoms with E-state index < -0.39 is 40.5 Å². The average Bonchev–Trinajstić information content (AvgIpc) is 2.19. The van der Waals surface area contributed by atoms with Gasteiger partial charge in [-0.05, 0) is 6.07 Å². The van der Waals surface area contributed by atoms with Gasteiger partial charge in [-0.2, -0.15) is 0 Å². The summed E-state index contributed by atoms with van der Waals surface area (Å²) in [5.41, 5.74) is -0.500. The molecule has 0 saturated heterocycles. The molecular formula is C9H6FNO6. The number of carbonyl (C=O) groups excluding carboxylic acids is 1. The Balaban J connectivity index is 2.83. The molecule has 1 rings (SSSR count). The normalized spacial score (nSPS) is 9.71. The van der Waals surface area contributed by atoms with Gasteiger partial charge in [-0.15, -0.1) is 0 Å². The Morgan fingerprint density at radius 2 is 2.12 bits per heavy atom. The number of hydrogen-bond acceptors (Lipinski definition) is 5. The lowest BCUT2D eigenvalue weighted by Crippen LogP contribution is -2.13. The fourth-order valence-electron chi connectivity index (χ4n) is 0.968. The number of esters is 1. The van der Waals surface area contributed by atoms with Crippen molar-refractivity contribution in [2.75, 3.05) is 0 Å². The number of carboxylic acid groups (broad SMARTS) is 1. The van der Waals surface area contributed by atoms with Crippen LogP contribution in [-0.4, -0.2) is 22.0 Å². The van der Waals surface area contributed by atoms with Crippen LogP contribution in [0.3, 0.4) is 0 Å². The van der Waals surface area contributed by atoms with E-state index in [1.54, 1.807) is 0 Å². The van der Waals surface area contributed by atoms with Gasteiger partial charge >= 0.3 is 11.9 Å². The summed E-state index contributed by atoms with van der Waals surface area (Å²) in [6.45, 7) is 0. The number of hydrogen-bond donors (Lipinski definition) is 1. The van der Waals surface area contributed by atoms with E-state index in [2.05, 4.69) is 4.74 Å². The molecule has 17 heavy (non-hydrogen) atoms. The summed E-state index contributed by atoms with van der Waals surface area (Å²) in [7, 11) is 0. The first-order valence-electron chi connectivity index (χ1n) is 4.26. The first kappa shape index (κ1) is 12.6. The number of carboxylic acids is 1. The smallest absolute Gasteiger partial charge is 0.322 e. The molecule has 1 aromatic carbocycles. The van der Waals surface area contributed by atoms with E-state index in [9.17, 15) is 24.1 Å². The molecule has 0 heterocycles. The summed E-state index contributed by atoms with van der Waals surface area (Å²) in [6, 6.07) is 2.39. The predicted molar refractivity (Wildman–Crippen MR) is 50.9 cm³/mol. The Hall–Kier alpha value is -2.51. The monoisotopic (exact) mass is 243 g/mol. The van der Waals surface area contributed by atoms with Gasteiger partial charge < -0.3 is 9.84 Å². The molecule has 1 aromatic rings. The number of non-ortho nitro benzene ring substituents is 1. The number of halogens is 1. The third-order valence-electron chi connectivity index (χ3n) is 1.65. The Morgan fingerprint density at radius 3 is 2.59 bits per heavy atom. The zero-order valence-corrected chi connectivity index (χ0v) is 8.25. The van der Waals surface area contributed by atoms with Crippen molar-refractivity contribution in [1.82, 2.24) is 0 Å². The van der Waals surface area contributed by atoms with E-state index in [1.165, 1.54) is 0 Å². The predicted octanol–water partition coefficient (Wildman–Crippen LogP) is 1.11. The third-order valence-corrected chi connectivity index (χ3v) is 1.65. The van der Waals surface area contributed by atoms with Gasteiger partial charge in [0.1, 0.15) is 6.42 Å². The Bertz CT molecular complexity index is 486. The standard InChI is InChI=1S/C9H6FNO6/c10-6-3-5(11(15)16)1-2-7(6)17-9(14)4-8(12)13/h1-3H,4H2,(H,12,13). The van der Waals surface area contributed by atoms with Crippen LogP contribution in [0.25, 0.3) is 0 Å². The Morgan fingerprint density at radius 1 is 1.47 bits per heavy atom. The van der Waals surface area contributed by atoms with Gasteiger partial charge in [0.25, 0.3) is 5.69 Å². The minimum Gasteiger partial charge on any atom is -0.481 e. The van der Waals surface area contributed by atoms with Crippen molar-refractivity contribution in [3.8, 4) is 5.75 Å². The van der Waals surface area contributed by atoms with Gasteiger partial charge in [-0.1, -0.05) is 0 Å². The van der Waals surface area contributed by atoms with Crippen LogP contribution in [0.1, 0.15) is 6.42 Å². The molecule has 0 aliphatic heterocycles. The quantitative estimate of drug-likeness (QED) is 0.279. The summed E-state index contributed by atoms with van der Waals surface area (Å²) in [6.07, 6.45) is -0.920. The van der Waals surface area contributed by atoms with Crippen molar-refractivity contribution in [3.05, 3.63) is 34.1 Å². The molecule has 7 nitrogen and oxygen atoms in total. The maximum atomic E-state index is 13.2. The molecule has 1 N–H and O–H groups in total. The van der Waals surface area contributed by atoms with E-state index in [0.717, 1.165) is 12.1 Å². The maximum Gasteiger partial charge on any atom is 0.322 e. The minimum absolute atomic E-state index is 0.500. The van der Waals surface area contributed by atoms with Crippen molar-refractivity contribution in [2.24, 2.45) is 0 Å². The Kier molecular flexibility index (Phi) is 3.70. The molecule has 90 valence electrons. The molecule has 0 spiro atoms. The van der Waals surface area contributed by atoms with Crippen molar-refractivity contribution in [2.45, 2.75) is 6.42 Å².